The van der Waals surface area contributed by atoms with Crippen molar-refractivity contribution in [3.05, 3.63) is 58.6 Å². The number of rotatable bonds is 3. The molecule has 0 saturated carbocycles. The molecule has 0 aromatic heterocycles. The average Bonchev–Trinajstić information content (AvgIpc) is 2.40. The van der Waals surface area contributed by atoms with Crippen molar-refractivity contribution in [3.63, 3.8) is 0 Å². The fourth-order valence-corrected chi connectivity index (χ4v) is 2.26. The second kappa shape index (κ2) is 6.08. The first-order valence-corrected chi connectivity index (χ1v) is 7.48. The molecule has 0 saturated heterocycles. The first-order chi connectivity index (χ1) is 9.77. The van der Waals surface area contributed by atoms with Gasteiger partial charge in [-0.1, -0.05) is 50.6 Å². The predicted octanol–water partition coefficient (Wildman–Crippen LogP) is 5.45. The van der Waals surface area contributed by atoms with Gasteiger partial charge in [0.1, 0.15) is 11.5 Å². The van der Waals surface area contributed by atoms with Crippen molar-refractivity contribution >= 4 is 11.6 Å². The normalized spacial score (nSPS) is 13.0. The van der Waals surface area contributed by atoms with E-state index in [0.717, 1.165) is 11.3 Å². The van der Waals surface area contributed by atoms with Gasteiger partial charge in [0, 0.05) is 6.04 Å². The van der Waals surface area contributed by atoms with E-state index in [1.54, 1.807) is 0 Å². The molecule has 21 heavy (non-hydrogen) atoms. The van der Waals surface area contributed by atoms with E-state index >= 15 is 0 Å². The molecule has 1 atom stereocenters. The summed E-state index contributed by atoms with van der Waals surface area (Å²) in [5.74, 6) is 1.44. The van der Waals surface area contributed by atoms with Crippen LogP contribution in [0.1, 0.15) is 44.9 Å². The van der Waals surface area contributed by atoms with Crippen LogP contribution >= 0.6 is 11.6 Å². The highest BCUT2D eigenvalue weighted by atomic mass is 35.5. The van der Waals surface area contributed by atoms with Crippen molar-refractivity contribution in [1.29, 1.82) is 0 Å². The first kappa shape index (κ1) is 15.9. The van der Waals surface area contributed by atoms with Crippen LogP contribution in [0.5, 0.6) is 11.5 Å². The van der Waals surface area contributed by atoms with E-state index in [1.807, 2.05) is 37.3 Å². The summed E-state index contributed by atoms with van der Waals surface area (Å²) in [5.41, 5.74) is 8.16. The van der Waals surface area contributed by atoms with Gasteiger partial charge in [0.2, 0.25) is 0 Å². The highest BCUT2D eigenvalue weighted by molar-refractivity contribution is 6.32. The maximum Gasteiger partial charge on any atom is 0.146 e. The number of hydrogen-bond donors (Lipinski definition) is 1. The van der Waals surface area contributed by atoms with Gasteiger partial charge in [-0.15, -0.1) is 0 Å². The molecular formula is C18H22ClNO. The van der Waals surface area contributed by atoms with Crippen molar-refractivity contribution < 1.29 is 4.74 Å². The van der Waals surface area contributed by atoms with E-state index in [2.05, 4.69) is 32.9 Å². The zero-order chi connectivity index (χ0) is 15.6. The lowest BCUT2D eigenvalue weighted by atomic mass is 9.87. The lowest BCUT2D eigenvalue weighted by Gasteiger charge is -2.20. The Morgan fingerprint density at radius 2 is 1.81 bits per heavy atom. The van der Waals surface area contributed by atoms with Crippen molar-refractivity contribution in [1.82, 2.24) is 0 Å². The molecule has 112 valence electrons. The van der Waals surface area contributed by atoms with Crippen molar-refractivity contribution in [2.45, 2.75) is 39.2 Å². The molecule has 0 aliphatic heterocycles. The number of ether oxygens (including phenoxy) is 1. The molecule has 0 bridgehead atoms. The Bertz CT molecular complexity index is 629. The molecule has 0 heterocycles. The van der Waals surface area contributed by atoms with Crippen LogP contribution in [0, 0.1) is 0 Å². The Morgan fingerprint density at radius 1 is 1.10 bits per heavy atom. The minimum Gasteiger partial charge on any atom is -0.456 e. The van der Waals surface area contributed by atoms with Crippen molar-refractivity contribution in [2.24, 2.45) is 5.73 Å². The van der Waals surface area contributed by atoms with Gasteiger partial charge in [0.05, 0.1) is 5.02 Å². The SMILES string of the molecule is CC(N)c1ccc(Oc2cccc(C(C)(C)C)c2)c(Cl)c1. The monoisotopic (exact) mass is 303 g/mol. The van der Waals surface area contributed by atoms with Crippen molar-refractivity contribution in [3.8, 4) is 11.5 Å². The van der Waals surface area contributed by atoms with Gasteiger partial charge < -0.3 is 10.5 Å². The molecule has 0 fully saturated rings. The standard InChI is InChI=1S/C18H22ClNO/c1-12(20)13-8-9-17(16(19)10-13)21-15-7-5-6-14(11-15)18(2,3)4/h5-12H,20H2,1-4H3. The summed E-state index contributed by atoms with van der Waals surface area (Å²) in [6.07, 6.45) is 0. The van der Waals surface area contributed by atoms with Gasteiger partial charge in [-0.3, -0.25) is 0 Å². The summed E-state index contributed by atoms with van der Waals surface area (Å²) < 4.78 is 5.91. The zero-order valence-electron chi connectivity index (χ0n) is 13.0. The van der Waals surface area contributed by atoms with Gasteiger partial charge in [-0.2, -0.15) is 0 Å². The highest BCUT2D eigenvalue weighted by Gasteiger charge is 2.14. The number of nitrogens with two attached hydrogens (primary N) is 1. The van der Waals surface area contributed by atoms with E-state index in [-0.39, 0.29) is 11.5 Å². The summed E-state index contributed by atoms with van der Waals surface area (Å²) in [7, 11) is 0. The molecule has 2 N–H and O–H groups in total. The van der Waals surface area contributed by atoms with Crippen LogP contribution in [0.3, 0.4) is 0 Å². The van der Waals surface area contributed by atoms with E-state index in [1.165, 1.54) is 5.56 Å². The van der Waals surface area contributed by atoms with Gasteiger partial charge in [-0.25, -0.2) is 0 Å². The molecule has 2 rings (SSSR count). The molecule has 0 aliphatic rings. The van der Waals surface area contributed by atoms with Crippen LogP contribution in [0.25, 0.3) is 0 Å². The maximum absolute atomic E-state index is 6.27. The van der Waals surface area contributed by atoms with Crippen LogP contribution in [0.4, 0.5) is 0 Å². The van der Waals surface area contributed by atoms with Crippen LogP contribution in [0.2, 0.25) is 5.02 Å². The van der Waals surface area contributed by atoms with Gasteiger partial charge in [-0.05, 0) is 47.7 Å². The van der Waals surface area contributed by atoms with E-state index in [0.29, 0.717) is 10.8 Å². The van der Waals surface area contributed by atoms with E-state index in [4.69, 9.17) is 22.1 Å². The summed E-state index contributed by atoms with van der Waals surface area (Å²) >= 11 is 6.27. The molecule has 0 aliphatic carbocycles. The van der Waals surface area contributed by atoms with Crippen molar-refractivity contribution in [2.75, 3.05) is 0 Å². The zero-order valence-corrected chi connectivity index (χ0v) is 13.7. The van der Waals surface area contributed by atoms with E-state index in [9.17, 15) is 0 Å². The number of hydrogen-bond acceptors (Lipinski definition) is 2. The second-order valence-corrected chi connectivity index (χ2v) is 6.77. The van der Waals surface area contributed by atoms with E-state index < -0.39 is 0 Å². The maximum atomic E-state index is 6.27. The average molecular weight is 304 g/mol. The fourth-order valence-electron chi connectivity index (χ4n) is 2.04. The summed E-state index contributed by atoms with van der Waals surface area (Å²) in [5, 5.41) is 0.575. The minimum absolute atomic E-state index is 0.0410. The Balaban J connectivity index is 2.26. The molecule has 2 nitrogen and oxygen atoms in total. The first-order valence-electron chi connectivity index (χ1n) is 7.11. The third kappa shape index (κ3) is 3.99. The Labute approximate surface area is 131 Å². The minimum atomic E-state index is -0.0410. The molecule has 0 amide bonds. The summed E-state index contributed by atoms with van der Waals surface area (Å²) in [6.45, 7) is 8.46. The van der Waals surface area contributed by atoms with Gasteiger partial charge in [0.15, 0.2) is 0 Å². The molecule has 3 heteroatoms. The molecule has 0 radical (unpaired) electrons. The largest absolute Gasteiger partial charge is 0.456 e. The second-order valence-electron chi connectivity index (χ2n) is 6.36. The predicted molar refractivity (Wildman–Crippen MR) is 89.3 cm³/mol. The molecular weight excluding hydrogens is 282 g/mol. The van der Waals surface area contributed by atoms with Gasteiger partial charge in [0.25, 0.3) is 0 Å². The quantitative estimate of drug-likeness (QED) is 0.818. The van der Waals surface area contributed by atoms with Crippen LogP contribution < -0.4 is 10.5 Å². The summed E-state index contributed by atoms with van der Waals surface area (Å²) in [4.78, 5) is 0. The lowest BCUT2D eigenvalue weighted by Crippen LogP contribution is -2.10. The Hall–Kier alpha value is -1.51. The third-order valence-corrected chi connectivity index (χ3v) is 3.70. The highest BCUT2D eigenvalue weighted by Crippen LogP contribution is 2.33. The number of halogens is 1. The van der Waals surface area contributed by atoms with Crippen LogP contribution in [0.15, 0.2) is 42.5 Å². The fraction of sp³-hybridized carbons (Fsp3) is 0.333. The Morgan fingerprint density at radius 3 is 2.38 bits per heavy atom. The molecule has 1 unspecified atom stereocenters. The number of benzene rings is 2. The Kier molecular flexibility index (Phi) is 4.60. The third-order valence-electron chi connectivity index (χ3n) is 3.41. The van der Waals surface area contributed by atoms with Gasteiger partial charge >= 0.3 is 0 Å². The molecule has 2 aromatic carbocycles. The lowest BCUT2D eigenvalue weighted by molar-refractivity contribution is 0.478. The van der Waals surface area contributed by atoms with Crippen LogP contribution in [-0.2, 0) is 5.41 Å². The molecule has 2 aromatic rings. The smallest absolute Gasteiger partial charge is 0.146 e. The summed E-state index contributed by atoms with van der Waals surface area (Å²) in [6, 6.07) is 13.7. The molecule has 0 spiro atoms. The topological polar surface area (TPSA) is 35.2 Å². The van der Waals surface area contributed by atoms with Crippen LogP contribution in [-0.4, -0.2) is 0 Å².